The molecule has 0 fully saturated rings. The topological polar surface area (TPSA) is 53.0 Å². The normalized spacial score (nSPS) is 11.1. The Bertz CT molecular complexity index is 835. The molecule has 0 aliphatic carbocycles. The summed E-state index contributed by atoms with van der Waals surface area (Å²) in [5.74, 6) is -0.230. The van der Waals surface area contributed by atoms with Gasteiger partial charge in [-0.3, -0.25) is 4.79 Å². The number of nitrogens with zero attached hydrogens (tertiary/aromatic N) is 2. The van der Waals surface area contributed by atoms with Crippen molar-refractivity contribution in [3.05, 3.63) is 65.0 Å². The second-order valence-electron chi connectivity index (χ2n) is 5.06. The molecule has 0 atom stereocenters. The number of aromatic nitrogens is 2. The maximum Gasteiger partial charge on any atom is 0.250 e. The number of anilines is 1. The first kappa shape index (κ1) is 13.4. The summed E-state index contributed by atoms with van der Waals surface area (Å²) in [4.78, 5) is 11.7. The highest BCUT2D eigenvalue weighted by Gasteiger charge is 2.03. The monoisotopic (exact) mass is 285 g/mol. The van der Waals surface area contributed by atoms with Crippen LogP contribution in [0.15, 0.2) is 53.6 Å². The van der Waals surface area contributed by atoms with Crippen LogP contribution in [0.2, 0.25) is 0 Å². The summed E-state index contributed by atoms with van der Waals surface area (Å²) in [5, 5.41) is 0.885. The number of benzene rings is 1. The molecule has 2 N–H and O–H groups in total. The molecule has 0 saturated carbocycles. The molecular formula is C16H16FN3O. The van der Waals surface area contributed by atoms with E-state index in [0.29, 0.717) is 12.2 Å². The van der Waals surface area contributed by atoms with Gasteiger partial charge in [0.25, 0.3) is 5.56 Å². The van der Waals surface area contributed by atoms with Crippen LogP contribution in [0.5, 0.6) is 0 Å². The zero-order valence-electron chi connectivity index (χ0n) is 11.5. The van der Waals surface area contributed by atoms with Crippen molar-refractivity contribution in [1.29, 1.82) is 0 Å². The predicted molar refractivity (Wildman–Crippen MR) is 81.6 cm³/mol. The molecule has 0 saturated heterocycles. The largest absolute Gasteiger partial charge is 0.398 e. The van der Waals surface area contributed by atoms with Crippen molar-refractivity contribution in [1.82, 2.24) is 9.13 Å². The highest BCUT2D eigenvalue weighted by molar-refractivity contribution is 5.80. The van der Waals surface area contributed by atoms with E-state index in [1.165, 1.54) is 18.2 Å². The van der Waals surface area contributed by atoms with Gasteiger partial charge in [0.2, 0.25) is 0 Å². The maximum atomic E-state index is 13.1. The molecule has 0 radical (unpaired) electrons. The first-order valence-corrected chi connectivity index (χ1v) is 6.84. The van der Waals surface area contributed by atoms with E-state index >= 15 is 0 Å². The van der Waals surface area contributed by atoms with E-state index in [9.17, 15) is 9.18 Å². The fourth-order valence-electron chi connectivity index (χ4n) is 2.50. The van der Waals surface area contributed by atoms with Crippen LogP contribution in [-0.4, -0.2) is 9.13 Å². The molecule has 21 heavy (non-hydrogen) atoms. The molecule has 2 heterocycles. The number of halogens is 1. The van der Waals surface area contributed by atoms with E-state index in [2.05, 4.69) is 4.57 Å². The lowest BCUT2D eigenvalue weighted by Gasteiger charge is -2.08. The molecular weight excluding hydrogens is 269 g/mol. The van der Waals surface area contributed by atoms with Crippen LogP contribution in [0.25, 0.3) is 10.9 Å². The third-order valence-electron chi connectivity index (χ3n) is 3.54. The average molecular weight is 285 g/mol. The smallest absolute Gasteiger partial charge is 0.250 e. The summed E-state index contributed by atoms with van der Waals surface area (Å²) in [6.45, 7) is 1.36. The van der Waals surface area contributed by atoms with Crippen molar-refractivity contribution in [2.75, 3.05) is 5.73 Å². The quantitative estimate of drug-likeness (QED) is 0.801. The number of aryl methyl sites for hydroxylation is 2. The van der Waals surface area contributed by atoms with Crippen molar-refractivity contribution in [2.24, 2.45) is 0 Å². The molecule has 2 aromatic heterocycles. The Morgan fingerprint density at radius 1 is 1.05 bits per heavy atom. The van der Waals surface area contributed by atoms with Gasteiger partial charge in [-0.1, -0.05) is 0 Å². The van der Waals surface area contributed by atoms with Gasteiger partial charge in [0.05, 0.1) is 0 Å². The van der Waals surface area contributed by atoms with Gasteiger partial charge < -0.3 is 14.9 Å². The number of pyridine rings is 1. The van der Waals surface area contributed by atoms with Gasteiger partial charge in [-0.15, -0.1) is 0 Å². The molecule has 5 heteroatoms. The van der Waals surface area contributed by atoms with Crippen LogP contribution in [0.3, 0.4) is 0 Å². The van der Waals surface area contributed by atoms with E-state index in [1.807, 2.05) is 12.3 Å². The summed E-state index contributed by atoms with van der Waals surface area (Å²) in [6.07, 6.45) is 4.39. The summed E-state index contributed by atoms with van der Waals surface area (Å²) < 4.78 is 16.8. The fraction of sp³-hybridized carbons (Fsp3) is 0.188. The van der Waals surface area contributed by atoms with Crippen LogP contribution in [-0.2, 0) is 13.1 Å². The van der Waals surface area contributed by atoms with Crippen LogP contribution < -0.4 is 11.3 Å². The van der Waals surface area contributed by atoms with Gasteiger partial charge >= 0.3 is 0 Å². The van der Waals surface area contributed by atoms with E-state index in [4.69, 9.17) is 5.73 Å². The second kappa shape index (κ2) is 5.44. The van der Waals surface area contributed by atoms with Crippen molar-refractivity contribution in [2.45, 2.75) is 19.5 Å². The summed E-state index contributed by atoms with van der Waals surface area (Å²) in [7, 11) is 0. The number of rotatable bonds is 4. The highest BCUT2D eigenvalue weighted by Crippen LogP contribution is 2.17. The van der Waals surface area contributed by atoms with Gasteiger partial charge in [0, 0.05) is 48.1 Å². The minimum atomic E-state index is -0.230. The van der Waals surface area contributed by atoms with Gasteiger partial charge in [0.1, 0.15) is 5.82 Å². The highest BCUT2D eigenvalue weighted by atomic mass is 19.1. The zero-order chi connectivity index (χ0) is 14.8. The number of nitrogens with two attached hydrogens (primary N) is 1. The predicted octanol–water partition coefficient (Wildman–Crippen LogP) is 2.61. The Morgan fingerprint density at radius 2 is 1.86 bits per heavy atom. The van der Waals surface area contributed by atoms with Crippen molar-refractivity contribution < 1.29 is 4.39 Å². The second-order valence-corrected chi connectivity index (χ2v) is 5.06. The molecule has 3 rings (SSSR count). The van der Waals surface area contributed by atoms with Crippen LogP contribution in [0, 0.1) is 5.82 Å². The average Bonchev–Trinajstić information content (AvgIpc) is 2.85. The molecule has 0 unspecified atom stereocenters. The first-order chi connectivity index (χ1) is 10.1. The Morgan fingerprint density at radius 3 is 2.71 bits per heavy atom. The van der Waals surface area contributed by atoms with Crippen LogP contribution in [0.4, 0.5) is 10.1 Å². The Balaban J connectivity index is 1.72. The van der Waals surface area contributed by atoms with E-state index in [1.54, 1.807) is 22.9 Å². The Kier molecular flexibility index (Phi) is 3.48. The van der Waals surface area contributed by atoms with Crippen LogP contribution in [0.1, 0.15) is 6.42 Å². The van der Waals surface area contributed by atoms with Crippen molar-refractivity contribution in [3.63, 3.8) is 0 Å². The number of hydrogen-bond donors (Lipinski definition) is 1. The molecule has 3 aromatic rings. The van der Waals surface area contributed by atoms with Crippen molar-refractivity contribution in [3.8, 4) is 0 Å². The number of fused-ring (bicyclic) bond motifs is 1. The number of hydrogen-bond acceptors (Lipinski definition) is 2. The standard InChI is InChI=1S/C16H16FN3O/c17-13-2-4-15-12(10-13)6-9-19(15)7-1-8-20-11-14(18)3-5-16(20)21/h2-6,9-11H,1,7-8,18H2. The van der Waals surface area contributed by atoms with Gasteiger partial charge in [-0.25, -0.2) is 4.39 Å². The SMILES string of the molecule is Nc1ccc(=O)n(CCCn2ccc3cc(F)ccc32)c1. The lowest BCUT2D eigenvalue weighted by atomic mass is 10.2. The molecule has 4 nitrogen and oxygen atoms in total. The summed E-state index contributed by atoms with van der Waals surface area (Å²) in [5.41, 5.74) is 7.21. The molecule has 0 aliphatic rings. The molecule has 0 aliphatic heterocycles. The fourth-order valence-corrected chi connectivity index (χ4v) is 2.50. The molecule has 108 valence electrons. The van der Waals surface area contributed by atoms with Gasteiger partial charge in [-0.05, 0) is 36.8 Å². The summed E-state index contributed by atoms with van der Waals surface area (Å²) >= 11 is 0. The van der Waals surface area contributed by atoms with Crippen LogP contribution >= 0.6 is 0 Å². The third kappa shape index (κ3) is 2.81. The van der Waals surface area contributed by atoms with E-state index < -0.39 is 0 Å². The molecule has 0 spiro atoms. The molecule has 1 aromatic carbocycles. The van der Waals surface area contributed by atoms with Crippen molar-refractivity contribution >= 4 is 16.6 Å². The maximum absolute atomic E-state index is 13.1. The lowest BCUT2D eigenvalue weighted by Crippen LogP contribution is -2.19. The van der Waals surface area contributed by atoms with E-state index in [0.717, 1.165) is 23.9 Å². The minimum Gasteiger partial charge on any atom is -0.398 e. The lowest BCUT2D eigenvalue weighted by molar-refractivity contribution is 0.562. The molecule has 0 amide bonds. The molecule has 0 bridgehead atoms. The Hall–Kier alpha value is -2.56. The summed E-state index contributed by atoms with van der Waals surface area (Å²) in [6, 6.07) is 9.73. The van der Waals surface area contributed by atoms with Gasteiger partial charge in [-0.2, -0.15) is 0 Å². The number of nitrogen functional groups attached to an aromatic ring is 1. The zero-order valence-corrected chi connectivity index (χ0v) is 11.5. The minimum absolute atomic E-state index is 0.0522. The van der Waals surface area contributed by atoms with Gasteiger partial charge in [0.15, 0.2) is 0 Å². The third-order valence-corrected chi connectivity index (χ3v) is 3.54. The Labute approximate surface area is 121 Å². The van der Waals surface area contributed by atoms with E-state index in [-0.39, 0.29) is 11.4 Å². The first-order valence-electron chi connectivity index (χ1n) is 6.84.